The fourth-order valence-electron chi connectivity index (χ4n) is 13.1. The molecule has 0 fully saturated rings. The van der Waals surface area contributed by atoms with E-state index in [1.165, 1.54) is 263 Å². The molecular weight excluding hydrogens is 1340 g/mol. The Labute approximate surface area is 632 Å². The zero-order valence-electron chi connectivity index (χ0n) is 67.6. The lowest BCUT2D eigenvalue weighted by atomic mass is 10.0. The monoisotopic (exact) mass is 1510 g/mol. The molecule has 5 atom stereocenters. The number of aliphatic hydroxyl groups is 1. The van der Waals surface area contributed by atoms with Crippen molar-refractivity contribution in [3.8, 4) is 0 Å². The SMILES string of the molecule is CCCCCCCCCCCCCCCCCCCCC(=O)OC[C@H](COP(=O)(O)OC[C@@H](O)COP(=O)(O)OC[C@@H](COC(=O)CCCCCCCCCCC(C)C)OC(=O)CCCCCCCCCCCCCCCCC)OC(=O)CCCCCCCCCCCCCCCCCCC(C)C. The van der Waals surface area contributed by atoms with E-state index >= 15 is 0 Å². The van der Waals surface area contributed by atoms with Crippen molar-refractivity contribution < 1.29 is 80.2 Å². The van der Waals surface area contributed by atoms with Crippen molar-refractivity contribution in [1.29, 1.82) is 0 Å². The molecule has 0 rings (SSSR count). The molecule has 0 aliphatic rings. The Bertz CT molecular complexity index is 1980. The summed E-state index contributed by atoms with van der Waals surface area (Å²) in [4.78, 5) is 73.2. The third kappa shape index (κ3) is 78.0. The highest BCUT2D eigenvalue weighted by Crippen LogP contribution is 2.45. The van der Waals surface area contributed by atoms with Crippen LogP contribution in [0, 0.1) is 11.8 Å². The van der Waals surface area contributed by atoms with Crippen LogP contribution in [0.3, 0.4) is 0 Å². The minimum atomic E-state index is -4.96. The number of ether oxygens (including phenoxy) is 4. The van der Waals surface area contributed by atoms with Gasteiger partial charge < -0.3 is 33.8 Å². The summed E-state index contributed by atoms with van der Waals surface area (Å²) in [5, 5.41) is 10.7. The van der Waals surface area contributed by atoms with Crippen LogP contribution >= 0.6 is 15.6 Å². The molecule has 0 amide bonds. The van der Waals surface area contributed by atoms with E-state index in [1.807, 2.05) is 0 Å². The maximum Gasteiger partial charge on any atom is 0.472 e. The maximum absolute atomic E-state index is 13.1. The number of carbonyl (C=O) groups is 4. The number of hydrogen-bond donors (Lipinski definition) is 3. The summed E-state index contributed by atoms with van der Waals surface area (Å²) in [5.74, 6) is -0.568. The van der Waals surface area contributed by atoms with Gasteiger partial charge in [0.2, 0.25) is 0 Å². The van der Waals surface area contributed by atoms with Crippen molar-refractivity contribution in [2.24, 2.45) is 11.8 Å². The summed E-state index contributed by atoms with van der Waals surface area (Å²) in [6.45, 7) is 9.66. The Morgan fingerprint density at radius 1 is 0.262 bits per heavy atom. The highest BCUT2D eigenvalue weighted by Gasteiger charge is 2.30. The van der Waals surface area contributed by atoms with Gasteiger partial charge in [-0.15, -0.1) is 0 Å². The topological polar surface area (TPSA) is 237 Å². The van der Waals surface area contributed by atoms with Crippen LogP contribution in [-0.2, 0) is 65.4 Å². The van der Waals surface area contributed by atoms with E-state index in [0.29, 0.717) is 25.7 Å². The minimum Gasteiger partial charge on any atom is -0.462 e. The van der Waals surface area contributed by atoms with Crippen molar-refractivity contribution in [2.75, 3.05) is 39.6 Å². The van der Waals surface area contributed by atoms with Gasteiger partial charge in [-0.3, -0.25) is 37.3 Å². The Balaban J connectivity index is 5.25. The highest BCUT2D eigenvalue weighted by molar-refractivity contribution is 7.47. The van der Waals surface area contributed by atoms with Crippen molar-refractivity contribution in [3.05, 3.63) is 0 Å². The van der Waals surface area contributed by atoms with Crippen LogP contribution in [0.2, 0.25) is 0 Å². The fourth-order valence-corrected chi connectivity index (χ4v) is 14.6. The number of phosphoric ester groups is 2. The summed E-state index contributed by atoms with van der Waals surface area (Å²) in [5.41, 5.74) is 0. The first-order chi connectivity index (χ1) is 49.9. The van der Waals surface area contributed by atoms with Gasteiger partial charge in [0, 0.05) is 25.7 Å². The van der Waals surface area contributed by atoms with Gasteiger partial charge in [0.25, 0.3) is 0 Å². The van der Waals surface area contributed by atoms with Gasteiger partial charge in [-0.05, 0) is 37.5 Å². The Kier molecular flexibility index (Phi) is 74.1. The minimum absolute atomic E-state index is 0.108. The molecule has 0 aliphatic heterocycles. The Morgan fingerprint density at radius 2 is 0.447 bits per heavy atom. The second-order valence-corrected chi connectivity index (χ2v) is 34.1. The smallest absolute Gasteiger partial charge is 0.462 e. The summed E-state index contributed by atoms with van der Waals surface area (Å²) >= 11 is 0. The molecule has 0 radical (unpaired) electrons. The number of aliphatic hydroxyl groups excluding tert-OH is 1. The summed E-state index contributed by atoms with van der Waals surface area (Å²) < 4.78 is 68.8. The molecule has 0 bridgehead atoms. The summed E-state index contributed by atoms with van der Waals surface area (Å²) in [6, 6.07) is 0. The number of rotatable bonds is 83. The molecule has 0 aromatic carbocycles. The van der Waals surface area contributed by atoms with Crippen molar-refractivity contribution in [3.63, 3.8) is 0 Å². The van der Waals surface area contributed by atoms with Crippen LogP contribution in [0.1, 0.15) is 446 Å². The van der Waals surface area contributed by atoms with Crippen LogP contribution in [0.5, 0.6) is 0 Å². The van der Waals surface area contributed by atoms with E-state index in [9.17, 15) is 43.2 Å². The number of phosphoric acid groups is 2. The number of esters is 4. The summed E-state index contributed by atoms with van der Waals surface area (Å²) in [7, 11) is -9.92. The van der Waals surface area contributed by atoms with Gasteiger partial charge in [0.05, 0.1) is 26.4 Å². The molecule has 0 aromatic rings. The normalized spacial score (nSPS) is 13.9. The molecule has 0 aliphatic carbocycles. The highest BCUT2D eigenvalue weighted by atomic mass is 31.2. The maximum atomic E-state index is 13.1. The lowest BCUT2D eigenvalue weighted by molar-refractivity contribution is -0.161. The van der Waals surface area contributed by atoms with Gasteiger partial charge in [-0.1, -0.05) is 395 Å². The van der Waals surface area contributed by atoms with Gasteiger partial charge >= 0.3 is 39.5 Å². The van der Waals surface area contributed by atoms with Gasteiger partial charge in [0.1, 0.15) is 19.3 Å². The molecule has 17 nitrogen and oxygen atoms in total. The first kappa shape index (κ1) is 101. The van der Waals surface area contributed by atoms with Gasteiger partial charge in [-0.2, -0.15) is 0 Å². The zero-order chi connectivity index (χ0) is 75.6. The third-order valence-electron chi connectivity index (χ3n) is 19.7. The van der Waals surface area contributed by atoms with E-state index in [1.54, 1.807) is 0 Å². The number of unbranched alkanes of at least 4 members (excludes halogenated alkanes) is 53. The Hall–Kier alpha value is -1.94. The van der Waals surface area contributed by atoms with Crippen LogP contribution in [-0.4, -0.2) is 96.7 Å². The van der Waals surface area contributed by atoms with Gasteiger partial charge in [-0.25, -0.2) is 9.13 Å². The van der Waals surface area contributed by atoms with E-state index in [4.69, 9.17) is 37.0 Å². The lowest BCUT2D eigenvalue weighted by Gasteiger charge is -2.21. The molecule has 0 saturated carbocycles. The average Bonchev–Trinajstić information content (AvgIpc) is 0.916. The molecule has 103 heavy (non-hydrogen) atoms. The molecule has 0 spiro atoms. The number of hydrogen-bond acceptors (Lipinski definition) is 15. The molecule has 3 N–H and O–H groups in total. The second-order valence-electron chi connectivity index (χ2n) is 31.2. The molecule has 612 valence electrons. The molecule has 2 unspecified atom stereocenters. The quantitative estimate of drug-likeness (QED) is 0.0222. The average molecular weight is 1510 g/mol. The van der Waals surface area contributed by atoms with E-state index in [0.717, 1.165) is 102 Å². The molecule has 0 heterocycles. The van der Waals surface area contributed by atoms with Crippen molar-refractivity contribution >= 4 is 39.5 Å². The molecule has 0 saturated heterocycles. The number of carbonyl (C=O) groups excluding carboxylic acids is 4. The second kappa shape index (κ2) is 75.5. The lowest BCUT2D eigenvalue weighted by Crippen LogP contribution is -2.30. The fraction of sp³-hybridized carbons (Fsp3) is 0.952. The van der Waals surface area contributed by atoms with E-state index in [2.05, 4.69) is 41.5 Å². The molecule has 0 aromatic heterocycles. The van der Waals surface area contributed by atoms with Crippen LogP contribution in [0.25, 0.3) is 0 Å². The standard InChI is InChI=1S/C84H164O17P2/c1-7-9-11-13-15-17-19-21-23-24-25-30-33-37-41-48-54-60-66-81(86)94-72-79(100-83(88)69-63-57-51-43-39-35-31-27-26-29-32-36-40-46-52-58-64-76(3)4)74-98-102(90,91)96-70-78(85)71-97-103(92,93)99-75-80(73-95-82(87)67-61-55-49-45-44-47-53-59-65-77(5)6)101-84(89)68-62-56-50-42-38-34-28-22-20-18-16-14-12-10-8-2/h76-80,85H,7-75H2,1-6H3,(H,90,91)(H,92,93)/t78-,79-,80-/m1/s1. The third-order valence-corrected chi connectivity index (χ3v) is 21.6. The first-order valence-corrected chi connectivity index (χ1v) is 46.5. The van der Waals surface area contributed by atoms with Crippen molar-refractivity contribution in [1.82, 2.24) is 0 Å². The van der Waals surface area contributed by atoms with Gasteiger partial charge in [0.15, 0.2) is 12.2 Å². The van der Waals surface area contributed by atoms with Crippen molar-refractivity contribution in [2.45, 2.75) is 464 Å². The predicted octanol–water partition coefficient (Wildman–Crippen LogP) is 25.5. The summed E-state index contributed by atoms with van der Waals surface area (Å²) in [6.07, 6.45) is 66.6. The van der Waals surface area contributed by atoms with Crippen LogP contribution < -0.4 is 0 Å². The van der Waals surface area contributed by atoms with Crippen LogP contribution in [0.15, 0.2) is 0 Å². The molecule has 19 heteroatoms. The zero-order valence-corrected chi connectivity index (χ0v) is 69.4. The van der Waals surface area contributed by atoms with Crippen LogP contribution in [0.4, 0.5) is 0 Å². The molecular formula is C84H164O17P2. The van der Waals surface area contributed by atoms with E-state index < -0.39 is 97.5 Å². The Morgan fingerprint density at radius 3 is 0.660 bits per heavy atom. The predicted molar refractivity (Wildman–Crippen MR) is 423 cm³/mol. The first-order valence-electron chi connectivity index (χ1n) is 43.5. The van der Waals surface area contributed by atoms with E-state index in [-0.39, 0.29) is 25.7 Å². The largest absolute Gasteiger partial charge is 0.472 e.